The molecule has 2 aromatic carbocycles. The average Bonchev–Trinajstić information content (AvgIpc) is 3.36. The standard InChI is InChI=1S/C29H33FN2O3S/c1-4-20(2)17-31(29(34)22-10-8-21(3)9-11-22)18-28(33)32-14-12-27-25(13-15-36-27)26(32)19-35-24-7-5-6-23(30)16-24/h5-11,13,15-16,20,26H,4,12,14,17-19H2,1-3H3. The summed E-state index contributed by atoms with van der Waals surface area (Å²) in [4.78, 5) is 31.8. The Morgan fingerprint density at radius 1 is 1.19 bits per heavy atom. The third-order valence-electron chi connectivity index (χ3n) is 6.76. The summed E-state index contributed by atoms with van der Waals surface area (Å²) < 4.78 is 19.6. The van der Waals surface area contributed by atoms with E-state index >= 15 is 0 Å². The average molecular weight is 509 g/mol. The second-order valence-electron chi connectivity index (χ2n) is 9.49. The number of halogens is 1. The molecule has 0 N–H and O–H groups in total. The van der Waals surface area contributed by atoms with Crippen molar-refractivity contribution in [2.75, 3.05) is 26.2 Å². The second-order valence-corrected chi connectivity index (χ2v) is 10.5. The van der Waals surface area contributed by atoms with E-state index in [1.807, 2.05) is 47.5 Å². The van der Waals surface area contributed by atoms with Crippen molar-refractivity contribution < 1.29 is 18.7 Å². The van der Waals surface area contributed by atoms with Crippen LogP contribution in [0.25, 0.3) is 0 Å². The minimum absolute atomic E-state index is 0.00693. The number of amides is 2. The lowest BCUT2D eigenvalue weighted by molar-refractivity contribution is -0.135. The molecule has 0 bridgehead atoms. The molecular weight excluding hydrogens is 475 g/mol. The van der Waals surface area contributed by atoms with Crippen molar-refractivity contribution in [3.05, 3.63) is 87.4 Å². The SMILES string of the molecule is CCC(C)CN(CC(=O)N1CCc2sccc2C1COc1cccc(F)c1)C(=O)c1ccc(C)cc1. The van der Waals surface area contributed by atoms with Crippen LogP contribution in [0.15, 0.2) is 60.0 Å². The molecule has 5 nitrogen and oxygen atoms in total. The van der Waals surface area contributed by atoms with Gasteiger partial charge in [-0.05, 0) is 60.5 Å². The number of nitrogens with zero attached hydrogens (tertiary/aromatic N) is 2. The number of rotatable bonds is 9. The van der Waals surface area contributed by atoms with Gasteiger partial charge in [-0.2, -0.15) is 0 Å². The molecule has 0 saturated heterocycles. The first-order valence-electron chi connectivity index (χ1n) is 12.5. The summed E-state index contributed by atoms with van der Waals surface area (Å²) in [5, 5.41) is 2.03. The van der Waals surface area contributed by atoms with Crippen LogP contribution in [0.1, 0.15) is 52.7 Å². The molecule has 4 rings (SSSR count). The molecular formula is C29H33FN2O3S. The molecule has 1 aliphatic heterocycles. The van der Waals surface area contributed by atoms with E-state index in [0.717, 1.165) is 24.0 Å². The zero-order valence-electron chi connectivity index (χ0n) is 21.1. The molecule has 2 heterocycles. The number of benzene rings is 2. The van der Waals surface area contributed by atoms with Crippen molar-refractivity contribution in [3.63, 3.8) is 0 Å². The molecule has 1 aliphatic rings. The Balaban J connectivity index is 1.54. The number of hydrogen-bond acceptors (Lipinski definition) is 4. The predicted molar refractivity (Wildman–Crippen MR) is 141 cm³/mol. The maximum absolute atomic E-state index is 13.7. The quantitative estimate of drug-likeness (QED) is 0.362. The molecule has 190 valence electrons. The first-order chi connectivity index (χ1) is 17.4. The van der Waals surface area contributed by atoms with Gasteiger partial charge in [0.2, 0.25) is 5.91 Å². The maximum Gasteiger partial charge on any atom is 0.254 e. The molecule has 0 saturated carbocycles. The lowest BCUT2D eigenvalue weighted by Gasteiger charge is -2.37. The van der Waals surface area contributed by atoms with Crippen LogP contribution in [0, 0.1) is 18.7 Å². The van der Waals surface area contributed by atoms with Gasteiger partial charge in [0.1, 0.15) is 24.7 Å². The van der Waals surface area contributed by atoms with Crippen LogP contribution in [-0.2, 0) is 11.2 Å². The van der Waals surface area contributed by atoms with Gasteiger partial charge >= 0.3 is 0 Å². The monoisotopic (exact) mass is 508 g/mol. The molecule has 0 aliphatic carbocycles. The zero-order valence-corrected chi connectivity index (χ0v) is 21.9. The van der Waals surface area contributed by atoms with E-state index in [9.17, 15) is 14.0 Å². The number of thiophene rings is 1. The summed E-state index contributed by atoms with van der Waals surface area (Å²) in [7, 11) is 0. The van der Waals surface area contributed by atoms with E-state index in [1.165, 1.54) is 17.0 Å². The van der Waals surface area contributed by atoms with Gasteiger partial charge in [-0.15, -0.1) is 11.3 Å². The highest BCUT2D eigenvalue weighted by Crippen LogP contribution is 2.34. The summed E-state index contributed by atoms with van der Waals surface area (Å²) in [6.07, 6.45) is 1.68. The molecule has 0 fully saturated rings. The summed E-state index contributed by atoms with van der Waals surface area (Å²) >= 11 is 1.68. The molecule has 2 unspecified atom stereocenters. The normalized spacial score (nSPS) is 15.8. The van der Waals surface area contributed by atoms with E-state index < -0.39 is 0 Å². The van der Waals surface area contributed by atoms with Gasteiger partial charge in [0.25, 0.3) is 5.91 Å². The Bertz CT molecular complexity index is 1190. The lowest BCUT2D eigenvalue weighted by atomic mass is 10.00. The lowest BCUT2D eigenvalue weighted by Crippen LogP contribution is -2.48. The highest BCUT2D eigenvalue weighted by atomic mass is 32.1. The Labute approximate surface area is 216 Å². The van der Waals surface area contributed by atoms with Gasteiger partial charge < -0.3 is 14.5 Å². The van der Waals surface area contributed by atoms with Crippen molar-refractivity contribution in [1.29, 1.82) is 0 Å². The van der Waals surface area contributed by atoms with Gasteiger partial charge in [-0.3, -0.25) is 9.59 Å². The Hall–Kier alpha value is -3.19. The molecule has 7 heteroatoms. The second kappa shape index (κ2) is 11.7. The summed E-state index contributed by atoms with van der Waals surface area (Å²) in [5.41, 5.74) is 2.73. The minimum Gasteiger partial charge on any atom is -0.491 e. The highest BCUT2D eigenvalue weighted by molar-refractivity contribution is 7.10. The van der Waals surface area contributed by atoms with E-state index in [2.05, 4.69) is 13.8 Å². The van der Waals surface area contributed by atoms with Crippen LogP contribution in [0.2, 0.25) is 0 Å². The van der Waals surface area contributed by atoms with E-state index in [0.29, 0.717) is 24.4 Å². The van der Waals surface area contributed by atoms with E-state index in [-0.39, 0.29) is 42.7 Å². The molecule has 3 aromatic rings. The van der Waals surface area contributed by atoms with Crippen LogP contribution >= 0.6 is 11.3 Å². The van der Waals surface area contributed by atoms with E-state index in [1.54, 1.807) is 28.4 Å². The third kappa shape index (κ3) is 6.13. The van der Waals surface area contributed by atoms with Crippen LogP contribution in [0.4, 0.5) is 4.39 Å². The van der Waals surface area contributed by atoms with Gasteiger partial charge in [0.05, 0.1) is 6.04 Å². The molecule has 0 spiro atoms. The first-order valence-corrected chi connectivity index (χ1v) is 13.3. The van der Waals surface area contributed by atoms with Crippen LogP contribution in [0.3, 0.4) is 0 Å². The number of aryl methyl sites for hydroxylation is 1. The molecule has 1 aromatic heterocycles. The Kier molecular flexibility index (Phi) is 8.41. The fourth-order valence-electron chi connectivity index (χ4n) is 4.46. The molecule has 2 atom stereocenters. The van der Waals surface area contributed by atoms with Crippen molar-refractivity contribution >= 4 is 23.2 Å². The third-order valence-corrected chi connectivity index (χ3v) is 7.76. The minimum atomic E-state index is -0.365. The highest BCUT2D eigenvalue weighted by Gasteiger charge is 2.34. The van der Waals surface area contributed by atoms with Crippen molar-refractivity contribution in [1.82, 2.24) is 9.80 Å². The van der Waals surface area contributed by atoms with Gasteiger partial charge in [-0.1, -0.05) is 44.0 Å². The fraction of sp³-hybridized carbons (Fsp3) is 0.379. The molecule has 2 amide bonds. The Morgan fingerprint density at radius 2 is 1.97 bits per heavy atom. The number of ether oxygens (including phenoxy) is 1. The van der Waals surface area contributed by atoms with Gasteiger partial charge in [0.15, 0.2) is 0 Å². The van der Waals surface area contributed by atoms with E-state index in [4.69, 9.17) is 4.74 Å². The zero-order chi connectivity index (χ0) is 25.7. The number of fused-ring (bicyclic) bond motifs is 1. The number of carbonyl (C=O) groups is 2. The first kappa shape index (κ1) is 25.9. The largest absolute Gasteiger partial charge is 0.491 e. The van der Waals surface area contributed by atoms with Crippen molar-refractivity contribution in [2.45, 2.75) is 39.7 Å². The van der Waals surface area contributed by atoms with Gasteiger partial charge in [-0.25, -0.2) is 4.39 Å². The summed E-state index contributed by atoms with van der Waals surface area (Å²) in [6, 6.07) is 15.2. The fourth-order valence-corrected chi connectivity index (χ4v) is 5.39. The molecule has 0 radical (unpaired) electrons. The smallest absolute Gasteiger partial charge is 0.254 e. The van der Waals surface area contributed by atoms with Crippen LogP contribution < -0.4 is 4.74 Å². The van der Waals surface area contributed by atoms with Crippen LogP contribution in [-0.4, -0.2) is 47.9 Å². The summed E-state index contributed by atoms with van der Waals surface area (Å²) in [5.74, 6) is 0.0883. The predicted octanol–water partition coefficient (Wildman–Crippen LogP) is 5.89. The number of carbonyl (C=O) groups excluding carboxylic acids is 2. The molecule has 36 heavy (non-hydrogen) atoms. The van der Waals surface area contributed by atoms with Crippen LogP contribution in [0.5, 0.6) is 5.75 Å². The summed E-state index contributed by atoms with van der Waals surface area (Å²) in [6.45, 7) is 7.45. The van der Waals surface area contributed by atoms with Crippen molar-refractivity contribution in [3.8, 4) is 5.75 Å². The van der Waals surface area contributed by atoms with Crippen molar-refractivity contribution in [2.24, 2.45) is 5.92 Å². The maximum atomic E-state index is 13.7. The number of hydrogen-bond donors (Lipinski definition) is 0. The topological polar surface area (TPSA) is 49.9 Å². The Morgan fingerprint density at radius 3 is 2.69 bits per heavy atom. The van der Waals surface area contributed by atoms with Gasteiger partial charge in [0, 0.05) is 29.6 Å².